The van der Waals surface area contributed by atoms with Crippen molar-refractivity contribution >= 4 is 5.71 Å². The van der Waals surface area contributed by atoms with Crippen LogP contribution in [-0.4, -0.2) is 17.2 Å². The highest BCUT2D eigenvalue weighted by atomic mass is 14.8. The standard InChI is InChI=1S/C17H25N3/c1-4-10-19-16(12-14(2)3)17-13-15(8-11-20-17)7-5-6-9-18/h4,8,10-13H,5-7,9,18H2,1-3H3/b10-4+,19-16?. The summed E-state index contributed by atoms with van der Waals surface area (Å²) in [6, 6.07) is 4.19. The minimum absolute atomic E-state index is 0.754. The van der Waals surface area contributed by atoms with Gasteiger partial charge in [0.15, 0.2) is 0 Å². The third-order valence-corrected chi connectivity index (χ3v) is 2.79. The first-order chi connectivity index (χ1) is 9.67. The van der Waals surface area contributed by atoms with Crippen molar-refractivity contribution in [3.63, 3.8) is 0 Å². The van der Waals surface area contributed by atoms with E-state index < -0.39 is 0 Å². The fourth-order valence-electron chi connectivity index (χ4n) is 1.85. The second-order valence-electron chi connectivity index (χ2n) is 5.01. The van der Waals surface area contributed by atoms with Crippen LogP contribution in [0.2, 0.25) is 0 Å². The smallest absolute Gasteiger partial charge is 0.0888 e. The Bertz CT molecular complexity index is 495. The Morgan fingerprint density at radius 3 is 2.80 bits per heavy atom. The highest BCUT2D eigenvalue weighted by Crippen LogP contribution is 2.09. The summed E-state index contributed by atoms with van der Waals surface area (Å²) in [5.74, 6) is 0. The predicted octanol–water partition coefficient (Wildman–Crippen LogP) is 3.65. The van der Waals surface area contributed by atoms with E-state index in [2.05, 4.69) is 42.0 Å². The molecular weight excluding hydrogens is 246 g/mol. The quantitative estimate of drug-likeness (QED) is 0.608. The molecule has 0 aliphatic rings. The van der Waals surface area contributed by atoms with Crippen molar-refractivity contribution in [2.75, 3.05) is 6.54 Å². The lowest BCUT2D eigenvalue weighted by molar-refractivity contribution is 0.744. The predicted molar refractivity (Wildman–Crippen MR) is 87.0 cm³/mol. The topological polar surface area (TPSA) is 51.3 Å². The molecule has 0 aromatic carbocycles. The van der Waals surface area contributed by atoms with Gasteiger partial charge in [-0.2, -0.15) is 0 Å². The minimum atomic E-state index is 0.754. The van der Waals surface area contributed by atoms with E-state index in [0.29, 0.717) is 0 Å². The second-order valence-corrected chi connectivity index (χ2v) is 5.01. The van der Waals surface area contributed by atoms with Gasteiger partial charge in [0.1, 0.15) is 0 Å². The van der Waals surface area contributed by atoms with Gasteiger partial charge in [0.25, 0.3) is 0 Å². The molecule has 0 saturated heterocycles. The molecule has 3 nitrogen and oxygen atoms in total. The Hall–Kier alpha value is -1.74. The molecule has 0 spiro atoms. The van der Waals surface area contributed by atoms with Gasteiger partial charge in [-0.25, -0.2) is 0 Å². The minimum Gasteiger partial charge on any atom is -0.330 e. The van der Waals surface area contributed by atoms with Crippen LogP contribution in [0, 0.1) is 0 Å². The molecule has 0 fully saturated rings. The molecular formula is C17H25N3. The number of aryl methyl sites for hydroxylation is 1. The van der Waals surface area contributed by atoms with E-state index in [-0.39, 0.29) is 0 Å². The molecule has 1 rings (SSSR count). The Morgan fingerprint density at radius 2 is 2.15 bits per heavy atom. The summed E-state index contributed by atoms with van der Waals surface area (Å²) in [5.41, 5.74) is 9.87. The molecule has 20 heavy (non-hydrogen) atoms. The van der Waals surface area contributed by atoms with Gasteiger partial charge in [0.2, 0.25) is 0 Å². The average Bonchev–Trinajstić information content (AvgIpc) is 2.44. The molecule has 0 radical (unpaired) electrons. The highest BCUT2D eigenvalue weighted by Gasteiger charge is 2.03. The van der Waals surface area contributed by atoms with Crippen LogP contribution in [0.25, 0.3) is 0 Å². The number of aliphatic imine (C=N–C) groups is 1. The van der Waals surface area contributed by atoms with Crippen LogP contribution in [0.5, 0.6) is 0 Å². The number of aromatic nitrogens is 1. The van der Waals surface area contributed by atoms with Crippen LogP contribution < -0.4 is 5.73 Å². The third-order valence-electron chi connectivity index (χ3n) is 2.79. The van der Waals surface area contributed by atoms with E-state index >= 15 is 0 Å². The SMILES string of the molecule is C/C=C/N=C(C=C(C)C)c1cc(CCCCN)ccn1. The molecule has 1 heterocycles. The van der Waals surface area contributed by atoms with Crippen LogP contribution in [0.1, 0.15) is 44.9 Å². The molecule has 0 saturated carbocycles. The van der Waals surface area contributed by atoms with E-state index in [1.54, 1.807) is 6.20 Å². The lowest BCUT2D eigenvalue weighted by atomic mass is 10.1. The Balaban J connectivity index is 2.96. The third kappa shape index (κ3) is 5.93. The molecule has 0 amide bonds. The van der Waals surface area contributed by atoms with E-state index in [1.165, 1.54) is 11.1 Å². The van der Waals surface area contributed by atoms with E-state index in [1.807, 2.05) is 19.2 Å². The summed E-state index contributed by atoms with van der Waals surface area (Å²) >= 11 is 0. The van der Waals surface area contributed by atoms with Crippen molar-refractivity contribution in [1.29, 1.82) is 0 Å². The summed E-state index contributed by atoms with van der Waals surface area (Å²) < 4.78 is 0. The van der Waals surface area contributed by atoms with E-state index in [4.69, 9.17) is 5.73 Å². The fraction of sp³-hybridized carbons (Fsp3) is 0.412. The van der Waals surface area contributed by atoms with E-state index in [0.717, 1.165) is 37.2 Å². The van der Waals surface area contributed by atoms with Gasteiger partial charge in [0, 0.05) is 12.4 Å². The Labute approximate surface area is 122 Å². The summed E-state index contributed by atoms with van der Waals surface area (Å²) in [7, 11) is 0. The molecule has 0 aliphatic carbocycles. The fourth-order valence-corrected chi connectivity index (χ4v) is 1.85. The monoisotopic (exact) mass is 271 g/mol. The Kier molecular flexibility index (Phi) is 7.51. The van der Waals surface area contributed by atoms with Gasteiger partial charge in [-0.05, 0) is 70.4 Å². The number of unbranched alkanes of at least 4 members (excludes halogenated alkanes) is 1. The maximum absolute atomic E-state index is 5.53. The first-order valence-electron chi connectivity index (χ1n) is 7.16. The zero-order valence-electron chi connectivity index (χ0n) is 12.8. The summed E-state index contributed by atoms with van der Waals surface area (Å²) in [5, 5.41) is 0. The summed E-state index contributed by atoms with van der Waals surface area (Å²) in [4.78, 5) is 8.91. The number of pyridine rings is 1. The zero-order chi connectivity index (χ0) is 14.8. The molecule has 3 heteroatoms. The van der Waals surface area contributed by atoms with Gasteiger partial charge in [0.05, 0.1) is 11.4 Å². The van der Waals surface area contributed by atoms with Gasteiger partial charge in [-0.1, -0.05) is 11.6 Å². The van der Waals surface area contributed by atoms with Crippen molar-refractivity contribution < 1.29 is 0 Å². The average molecular weight is 271 g/mol. The molecule has 0 unspecified atom stereocenters. The van der Waals surface area contributed by atoms with Crippen LogP contribution in [0.15, 0.2) is 47.2 Å². The Morgan fingerprint density at radius 1 is 1.35 bits per heavy atom. The first kappa shape index (κ1) is 16.3. The zero-order valence-corrected chi connectivity index (χ0v) is 12.8. The first-order valence-corrected chi connectivity index (χ1v) is 7.16. The number of nitrogens with two attached hydrogens (primary N) is 1. The van der Waals surface area contributed by atoms with Crippen LogP contribution in [0.3, 0.4) is 0 Å². The number of allylic oxidation sites excluding steroid dienone is 3. The van der Waals surface area contributed by atoms with Crippen molar-refractivity contribution in [2.45, 2.75) is 40.0 Å². The lowest BCUT2D eigenvalue weighted by Gasteiger charge is -2.05. The van der Waals surface area contributed by atoms with Crippen molar-refractivity contribution in [3.05, 3.63) is 53.5 Å². The van der Waals surface area contributed by atoms with Crippen LogP contribution >= 0.6 is 0 Å². The maximum atomic E-state index is 5.53. The molecule has 1 aromatic rings. The highest BCUT2D eigenvalue weighted by molar-refractivity contribution is 6.08. The van der Waals surface area contributed by atoms with E-state index in [9.17, 15) is 0 Å². The largest absolute Gasteiger partial charge is 0.330 e. The number of rotatable bonds is 7. The number of hydrogen-bond acceptors (Lipinski definition) is 3. The normalized spacial score (nSPS) is 11.9. The molecule has 0 atom stereocenters. The molecule has 108 valence electrons. The van der Waals surface area contributed by atoms with Crippen LogP contribution in [0.4, 0.5) is 0 Å². The van der Waals surface area contributed by atoms with Crippen molar-refractivity contribution in [2.24, 2.45) is 10.7 Å². The van der Waals surface area contributed by atoms with Crippen molar-refractivity contribution in [3.8, 4) is 0 Å². The van der Waals surface area contributed by atoms with Gasteiger partial charge >= 0.3 is 0 Å². The summed E-state index contributed by atoms with van der Waals surface area (Å²) in [6.45, 7) is 6.84. The molecule has 0 aliphatic heterocycles. The van der Waals surface area contributed by atoms with Crippen molar-refractivity contribution in [1.82, 2.24) is 4.98 Å². The van der Waals surface area contributed by atoms with Gasteiger partial charge in [-0.15, -0.1) is 0 Å². The molecule has 0 bridgehead atoms. The number of hydrogen-bond donors (Lipinski definition) is 1. The van der Waals surface area contributed by atoms with Gasteiger partial charge in [-0.3, -0.25) is 9.98 Å². The molecule has 1 aromatic heterocycles. The second kappa shape index (κ2) is 9.21. The maximum Gasteiger partial charge on any atom is 0.0888 e. The van der Waals surface area contributed by atoms with Gasteiger partial charge < -0.3 is 5.73 Å². The number of nitrogens with zero attached hydrogens (tertiary/aromatic N) is 2. The van der Waals surface area contributed by atoms with Crippen LogP contribution in [-0.2, 0) is 6.42 Å². The lowest BCUT2D eigenvalue weighted by Crippen LogP contribution is -2.03. The molecule has 2 N–H and O–H groups in total. The summed E-state index contributed by atoms with van der Waals surface area (Å²) in [6.07, 6.45) is 10.9.